The van der Waals surface area contributed by atoms with Crippen LogP contribution in [0, 0.1) is 6.92 Å². The quantitative estimate of drug-likeness (QED) is 0.794. The number of hydrogen-bond acceptors (Lipinski definition) is 2. The molecule has 0 aliphatic carbocycles. The number of sulfone groups is 1. The molecule has 4 heteroatoms. The second-order valence-electron chi connectivity index (χ2n) is 4.50. The van der Waals surface area contributed by atoms with E-state index in [-0.39, 0.29) is 15.0 Å². The zero-order valence-corrected chi connectivity index (χ0v) is 13.9. The van der Waals surface area contributed by atoms with Crippen molar-refractivity contribution in [3.05, 3.63) is 70.0 Å². The Bertz CT molecular complexity index is 702. The maximum atomic E-state index is 12.3. The van der Waals surface area contributed by atoms with Gasteiger partial charge in [-0.05, 0) is 0 Å². The molecular formula is C16H16O2SSe. The van der Waals surface area contributed by atoms with Crippen molar-refractivity contribution in [1.82, 2.24) is 0 Å². The molecule has 0 saturated heterocycles. The molecule has 0 fully saturated rings. The fourth-order valence-corrected chi connectivity index (χ4v) is 5.34. The van der Waals surface area contributed by atoms with Gasteiger partial charge in [0.25, 0.3) is 0 Å². The summed E-state index contributed by atoms with van der Waals surface area (Å²) in [5.41, 5.74) is 1.05. The van der Waals surface area contributed by atoms with E-state index in [1.165, 1.54) is 9.87 Å². The van der Waals surface area contributed by atoms with E-state index in [0.717, 1.165) is 10.0 Å². The summed E-state index contributed by atoms with van der Waals surface area (Å²) < 4.78 is 26.6. The SMILES string of the molecule is C/C(=C/S(=O)(=O)c1ccc(C)cc1)[Se]c1ccccc1. The molecule has 104 valence electrons. The summed E-state index contributed by atoms with van der Waals surface area (Å²) in [6.07, 6.45) is 0. The second kappa shape index (κ2) is 6.40. The van der Waals surface area contributed by atoms with Gasteiger partial charge in [0, 0.05) is 0 Å². The Morgan fingerprint density at radius 2 is 1.60 bits per heavy atom. The molecule has 2 rings (SSSR count). The third-order valence-corrected chi connectivity index (χ3v) is 6.61. The van der Waals surface area contributed by atoms with E-state index in [0.29, 0.717) is 4.90 Å². The van der Waals surface area contributed by atoms with E-state index in [2.05, 4.69) is 0 Å². The summed E-state index contributed by atoms with van der Waals surface area (Å²) in [6.45, 7) is 3.81. The van der Waals surface area contributed by atoms with E-state index in [4.69, 9.17) is 0 Å². The van der Waals surface area contributed by atoms with Crippen LogP contribution in [0.15, 0.2) is 69.4 Å². The van der Waals surface area contributed by atoms with E-state index in [1.54, 1.807) is 12.1 Å². The van der Waals surface area contributed by atoms with Crippen LogP contribution < -0.4 is 4.46 Å². The van der Waals surface area contributed by atoms with Crippen molar-refractivity contribution in [3.8, 4) is 0 Å². The van der Waals surface area contributed by atoms with Crippen molar-refractivity contribution >= 4 is 29.3 Å². The fraction of sp³-hybridized carbons (Fsp3) is 0.125. The molecule has 0 spiro atoms. The maximum absolute atomic E-state index is 12.3. The van der Waals surface area contributed by atoms with Crippen molar-refractivity contribution in [3.63, 3.8) is 0 Å². The molecule has 0 unspecified atom stereocenters. The number of hydrogen-bond donors (Lipinski definition) is 0. The molecule has 0 radical (unpaired) electrons. The Morgan fingerprint density at radius 3 is 2.20 bits per heavy atom. The number of rotatable bonds is 4. The average Bonchev–Trinajstić information content (AvgIpc) is 2.39. The predicted octanol–water partition coefficient (Wildman–Crippen LogP) is 2.66. The molecule has 0 bridgehead atoms. The zero-order valence-electron chi connectivity index (χ0n) is 11.4. The summed E-state index contributed by atoms with van der Waals surface area (Å²) in [5, 5.41) is 1.39. The number of benzene rings is 2. The van der Waals surface area contributed by atoms with Gasteiger partial charge in [-0.3, -0.25) is 0 Å². The summed E-state index contributed by atoms with van der Waals surface area (Å²) in [4.78, 5) is 0.353. The van der Waals surface area contributed by atoms with Crippen LogP contribution in [0.3, 0.4) is 0 Å². The van der Waals surface area contributed by atoms with Gasteiger partial charge < -0.3 is 0 Å². The second-order valence-corrected chi connectivity index (χ2v) is 9.07. The molecule has 0 aliphatic rings. The first-order chi connectivity index (χ1) is 9.47. The van der Waals surface area contributed by atoms with Gasteiger partial charge in [-0.15, -0.1) is 0 Å². The van der Waals surface area contributed by atoms with Crippen LogP contribution in [-0.2, 0) is 9.84 Å². The molecule has 20 heavy (non-hydrogen) atoms. The van der Waals surface area contributed by atoms with Gasteiger partial charge in [-0.2, -0.15) is 0 Å². The van der Waals surface area contributed by atoms with E-state index >= 15 is 0 Å². The van der Waals surface area contributed by atoms with Crippen molar-refractivity contribution in [2.45, 2.75) is 18.7 Å². The van der Waals surface area contributed by atoms with Gasteiger partial charge in [0.15, 0.2) is 0 Å². The van der Waals surface area contributed by atoms with Crippen LogP contribution in [0.2, 0.25) is 0 Å². The van der Waals surface area contributed by atoms with Crippen LogP contribution in [0.1, 0.15) is 12.5 Å². The summed E-state index contributed by atoms with van der Waals surface area (Å²) in [7, 11) is -3.34. The molecule has 0 amide bonds. The van der Waals surface area contributed by atoms with Crippen LogP contribution in [0.5, 0.6) is 0 Å². The Kier molecular flexibility index (Phi) is 4.81. The fourth-order valence-electron chi connectivity index (χ4n) is 1.71. The molecule has 2 aromatic rings. The van der Waals surface area contributed by atoms with Crippen LogP contribution >= 0.6 is 0 Å². The Hall–Kier alpha value is -1.35. The molecule has 0 aromatic heterocycles. The molecule has 0 saturated carbocycles. The van der Waals surface area contributed by atoms with E-state index < -0.39 is 9.84 Å². The topological polar surface area (TPSA) is 34.1 Å². The first-order valence-corrected chi connectivity index (χ1v) is 9.46. The molecule has 2 aromatic carbocycles. The Morgan fingerprint density at radius 1 is 1.00 bits per heavy atom. The van der Waals surface area contributed by atoms with Gasteiger partial charge in [-0.1, -0.05) is 0 Å². The van der Waals surface area contributed by atoms with Crippen LogP contribution in [-0.4, -0.2) is 23.4 Å². The van der Waals surface area contributed by atoms with Gasteiger partial charge >= 0.3 is 126 Å². The Labute approximate surface area is 126 Å². The number of aryl methyl sites for hydroxylation is 1. The van der Waals surface area contributed by atoms with Crippen molar-refractivity contribution in [2.75, 3.05) is 0 Å². The standard InChI is InChI=1S/C16H16O2SSe/c1-13-8-10-15(11-9-13)19(17,18)12-14(2)20-16-6-4-3-5-7-16/h3-12H,1-2H3/b14-12-. The Balaban J connectivity index is 2.22. The van der Waals surface area contributed by atoms with Gasteiger partial charge in [0.05, 0.1) is 0 Å². The molecule has 0 aliphatic heterocycles. The first-order valence-electron chi connectivity index (χ1n) is 6.20. The average molecular weight is 351 g/mol. The van der Waals surface area contributed by atoms with Gasteiger partial charge in [0.1, 0.15) is 0 Å². The molecular weight excluding hydrogens is 335 g/mol. The monoisotopic (exact) mass is 352 g/mol. The third kappa shape index (κ3) is 4.07. The normalized spacial score (nSPS) is 12.4. The summed E-state index contributed by atoms with van der Waals surface area (Å²) >= 11 is 0.0407. The minimum absolute atomic E-state index is 0.0407. The first kappa shape index (κ1) is 15.0. The summed E-state index contributed by atoms with van der Waals surface area (Å²) in [6, 6.07) is 16.9. The molecule has 0 N–H and O–H groups in total. The van der Waals surface area contributed by atoms with Crippen LogP contribution in [0.25, 0.3) is 0 Å². The summed E-state index contributed by atoms with van der Waals surface area (Å²) in [5.74, 6) is 0. The predicted molar refractivity (Wildman–Crippen MR) is 84.0 cm³/mol. The van der Waals surface area contributed by atoms with Gasteiger partial charge in [-0.25, -0.2) is 0 Å². The van der Waals surface area contributed by atoms with Crippen molar-refractivity contribution in [1.29, 1.82) is 0 Å². The van der Waals surface area contributed by atoms with Gasteiger partial charge in [0.2, 0.25) is 0 Å². The molecule has 0 atom stereocenters. The van der Waals surface area contributed by atoms with E-state index in [1.807, 2.05) is 56.3 Å². The van der Waals surface area contributed by atoms with Crippen LogP contribution in [0.4, 0.5) is 0 Å². The molecule has 0 heterocycles. The molecule has 2 nitrogen and oxygen atoms in total. The number of allylic oxidation sites excluding steroid dienone is 1. The third-order valence-electron chi connectivity index (χ3n) is 2.69. The van der Waals surface area contributed by atoms with E-state index in [9.17, 15) is 8.42 Å². The van der Waals surface area contributed by atoms with Crippen molar-refractivity contribution in [2.24, 2.45) is 0 Å². The minimum atomic E-state index is -3.34. The zero-order chi connectivity index (χ0) is 14.6. The van der Waals surface area contributed by atoms with Crippen molar-refractivity contribution < 1.29 is 8.42 Å².